The zero-order valence-corrected chi connectivity index (χ0v) is 16.0. The molecule has 2 amide bonds. The van der Waals surface area contributed by atoms with Crippen LogP contribution in [-0.4, -0.2) is 17.6 Å². The van der Waals surface area contributed by atoms with Crippen LogP contribution in [0.1, 0.15) is 21.3 Å². The van der Waals surface area contributed by atoms with Crippen LogP contribution in [0.2, 0.25) is 0 Å². The van der Waals surface area contributed by atoms with Gasteiger partial charge in [-0.3, -0.25) is 14.5 Å². The summed E-state index contributed by atoms with van der Waals surface area (Å²) in [4.78, 5) is 26.4. The molecule has 3 aromatic carbocycles. The van der Waals surface area contributed by atoms with Gasteiger partial charge in [-0.25, -0.2) is 8.78 Å². The Hall–Kier alpha value is -3.19. The van der Waals surface area contributed by atoms with Crippen LogP contribution in [0.3, 0.4) is 0 Å². The maximum absolute atomic E-state index is 13.7. The Kier molecular flexibility index (Phi) is 5.31. The van der Waals surface area contributed by atoms with Crippen molar-refractivity contribution in [2.45, 2.75) is 5.37 Å². The third-order valence-electron chi connectivity index (χ3n) is 4.49. The molecule has 0 radical (unpaired) electrons. The van der Waals surface area contributed by atoms with Crippen molar-refractivity contribution in [3.63, 3.8) is 0 Å². The van der Waals surface area contributed by atoms with E-state index in [0.717, 1.165) is 5.56 Å². The second-order valence-corrected chi connectivity index (χ2v) is 7.56. The molecule has 1 saturated heterocycles. The summed E-state index contributed by atoms with van der Waals surface area (Å²) >= 11 is 1.44. The van der Waals surface area contributed by atoms with Gasteiger partial charge in [0.25, 0.3) is 5.91 Å². The van der Waals surface area contributed by atoms with Crippen molar-refractivity contribution in [3.05, 3.63) is 95.6 Å². The van der Waals surface area contributed by atoms with Gasteiger partial charge in [-0.2, -0.15) is 0 Å². The summed E-state index contributed by atoms with van der Waals surface area (Å²) in [5.41, 5.74) is 2.19. The van der Waals surface area contributed by atoms with Crippen LogP contribution >= 0.6 is 11.8 Å². The van der Waals surface area contributed by atoms with E-state index in [4.69, 9.17) is 0 Å². The van der Waals surface area contributed by atoms with Crippen molar-refractivity contribution in [2.75, 3.05) is 16.0 Å². The predicted molar refractivity (Wildman–Crippen MR) is 110 cm³/mol. The monoisotopic (exact) mass is 410 g/mol. The van der Waals surface area contributed by atoms with Gasteiger partial charge in [0.05, 0.1) is 5.75 Å². The van der Waals surface area contributed by atoms with Crippen LogP contribution in [-0.2, 0) is 4.79 Å². The number of thioether (sulfide) groups is 1. The average molecular weight is 410 g/mol. The fourth-order valence-electron chi connectivity index (χ4n) is 3.15. The molecule has 1 aliphatic heterocycles. The summed E-state index contributed by atoms with van der Waals surface area (Å²) in [6.45, 7) is 0. The lowest BCUT2D eigenvalue weighted by Gasteiger charge is -2.24. The molecule has 0 saturated carbocycles. The summed E-state index contributed by atoms with van der Waals surface area (Å²) in [6.07, 6.45) is 0. The number of hydrogen-bond acceptors (Lipinski definition) is 3. The highest BCUT2D eigenvalue weighted by Crippen LogP contribution is 2.42. The third-order valence-corrected chi connectivity index (χ3v) is 5.70. The molecule has 1 heterocycles. The smallest absolute Gasteiger partial charge is 0.255 e. The van der Waals surface area contributed by atoms with E-state index in [-0.39, 0.29) is 22.9 Å². The van der Waals surface area contributed by atoms with E-state index in [9.17, 15) is 18.4 Å². The number of carbonyl (C=O) groups is 2. The van der Waals surface area contributed by atoms with Crippen molar-refractivity contribution in [1.29, 1.82) is 0 Å². The molecule has 1 aliphatic rings. The first-order valence-electron chi connectivity index (χ1n) is 8.87. The van der Waals surface area contributed by atoms with Crippen LogP contribution in [0, 0.1) is 11.6 Å². The summed E-state index contributed by atoms with van der Waals surface area (Å²) < 4.78 is 26.7. The largest absolute Gasteiger partial charge is 0.322 e. The van der Waals surface area contributed by atoms with E-state index in [1.54, 1.807) is 35.2 Å². The number of anilines is 2. The van der Waals surface area contributed by atoms with Gasteiger partial charge in [0, 0.05) is 16.9 Å². The van der Waals surface area contributed by atoms with Gasteiger partial charge in [-0.1, -0.05) is 18.2 Å². The van der Waals surface area contributed by atoms with Crippen molar-refractivity contribution < 1.29 is 18.4 Å². The van der Waals surface area contributed by atoms with Crippen LogP contribution in [0.4, 0.5) is 20.2 Å². The minimum absolute atomic E-state index is 0.105. The first-order valence-corrected chi connectivity index (χ1v) is 9.92. The Bertz CT molecular complexity index is 1070. The van der Waals surface area contributed by atoms with Crippen molar-refractivity contribution in [2.24, 2.45) is 0 Å². The number of benzene rings is 3. The van der Waals surface area contributed by atoms with Crippen molar-refractivity contribution >= 4 is 35.0 Å². The number of nitrogens with zero attached hydrogens (tertiary/aromatic N) is 1. The number of carbonyl (C=O) groups excluding carboxylic acids is 2. The molecule has 0 unspecified atom stereocenters. The topological polar surface area (TPSA) is 49.4 Å². The summed E-state index contributed by atoms with van der Waals surface area (Å²) in [7, 11) is 0. The van der Waals surface area contributed by atoms with Gasteiger partial charge >= 0.3 is 0 Å². The highest BCUT2D eigenvalue weighted by molar-refractivity contribution is 8.00. The zero-order valence-electron chi connectivity index (χ0n) is 15.1. The Morgan fingerprint density at radius 3 is 2.48 bits per heavy atom. The number of halogens is 2. The molecule has 0 aliphatic carbocycles. The molecule has 0 spiro atoms. The Labute approximate surface area is 170 Å². The molecule has 7 heteroatoms. The summed E-state index contributed by atoms with van der Waals surface area (Å²) in [5, 5.41) is 2.46. The van der Waals surface area contributed by atoms with Crippen LogP contribution in [0.15, 0.2) is 72.8 Å². The highest BCUT2D eigenvalue weighted by Gasteiger charge is 2.34. The number of hydrogen-bond donors (Lipinski definition) is 1. The molecule has 0 aromatic heterocycles. The molecule has 146 valence electrons. The molecule has 4 nitrogen and oxygen atoms in total. The standard InChI is InChI=1S/C22H16F2N2O2S/c23-16-9-7-14(8-10-16)21(28)25-18-5-1-3-15(11-18)22-26(20(27)13-29-22)19-6-2-4-17(24)12-19/h1-12,22H,13H2,(H,25,28)/t22-/m0/s1. The second kappa shape index (κ2) is 8.05. The number of amides is 2. The lowest BCUT2D eigenvalue weighted by Crippen LogP contribution is -2.27. The molecular weight excluding hydrogens is 394 g/mol. The van der Waals surface area contributed by atoms with E-state index in [1.807, 2.05) is 6.07 Å². The molecular formula is C22H16F2N2O2S. The molecule has 4 rings (SSSR count). The molecule has 1 atom stereocenters. The summed E-state index contributed by atoms with van der Waals surface area (Å²) in [5.74, 6) is -1.01. The Balaban J connectivity index is 1.58. The minimum atomic E-state index is -0.413. The normalized spacial score (nSPS) is 16.1. The average Bonchev–Trinajstić information content (AvgIpc) is 3.10. The van der Waals surface area contributed by atoms with Crippen LogP contribution in [0.5, 0.6) is 0 Å². The maximum Gasteiger partial charge on any atom is 0.255 e. The van der Waals surface area contributed by atoms with Crippen LogP contribution < -0.4 is 10.2 Å². The number of nitrogens with one attached hydrogen (secondary N) is 1. The van der Waals surface area contributed by atoms with Gasteiger partial charge in [-0.15, -0.1) is 11.8 Å². The molecule has 1 fully saturated rings. The van der Waals surface area contributed by atoms with Crippen molar-refractivity contribution in [3.8, 4) is 0 Å². The molecule has 29 heavy (non-hydrogen) atoms. The van der Waals surface area contributed by atoms with E-state index in [0.29, 0.717) is 16.9 Å². The zero-order chi connectivity index (χ0) is 20.4. The SMILES string of the molecule is O=C(Nc1cccc([C@@H]2SCC(=O)N2c2cccc(F)c2)c1)c1ccc(F)cc1. The summed E-state index contributed by atoms with van der Waals surface area (Å²) in [6, 6.07) is 18.3. The Morgan fingerprint density at radius 2 is 1.72 bits per heavy atom. The third kappa shape index (κ3) is 4.14. The number of rotatable bonds is 4. The van der Waals surface area contributed by atoms with Gasteiger partial charge in [0.15, 0.2) is 0 Å². The van der Waals surface area contributed by atoms with Gasteiger partial charge in [0.1, 0.15) is 17.0 Å². The highest BCUT2D eigenvalue weighted by atomic mass is 32.2. The molecule has 1 N–H and O–H groups in total. The first kappa shape index (κ1) is 19.1. The van der Waals surface area contributed by atoms with Gasteiger partial charge < -0.3 is 5.32 Å². The molecule has 0 bridgehead atoms. The van der Waals surface area contributed by atoms with E-state index < -0.39 is 11.6 Å². The Morgan fingerprint density at radius 1 is 0.966 bits per heavy atom. The fourth-order valence-corrected chi connectivity index (χ4v) is 4.32. The molecule has 3 aromatic rings. The van der Waals surface area contributed by atoms with Gasteiger partial charge in [-0.05, 0) is 60.2 Å². The lowest BCUT2D eigenvalue weighted by molar-refractivity contribution is -0.115. The van der Waals surface area contributed by atoms with E-state index >= 15 is 0 Å². The van der Waals surface area contributed by atoms with E-state index in [1.165, 1.54) is 48.2 Å². The van der Waals surface area contributed by atoms with Crippen molar-refractivity contribution in [1.82, 2.24) is 0 Å². The minimum Gasteiger partial charge on any atom is -0.322 e. The maximum atomic E-state index is 13.7. The first-order chi connectivity index (χ1) is 14.0. The van der Waals surface area contributed by atoms with E-state index in [2.05, 4.69) is 5.32 Å². The predicted octanol–water partition coefficient (Wildman–Crippen LogP) is 5.00. The lowest BCUT2D eigenvalue weighted by atomic mass is 10.1. The quantitative estimate of drug-likeness (QED) is 0.659. The van der Waals surface area contributed by atoms with Gasteiger partial charge in [0.2, 0.25) is 5.91 Å². The second-order valence-electron chi connectivity index (χ2n) is 6.49. The fraction of sp³-hybridized carbons (Fsp3) is 0.0909. The van der Waals surface area contributed by atoms with Crippen LogP contribution in [0.25, 0.3) is 0 Å².